The Hall–Kier alpha value is -3.62. The van der Waals surface area contributed by atoms with E-state index in [1.807, 2.05) is 0 Å². The zero-order chi connectivity index (χ0) is 18.5. The van der Waals surface area contributed by atoms with Crippen molar-refractivity contribution in [1.82, 2.24) is 15.2 Å². The van der Waals surface area contributed by atoms with Crippen LogP contribution in [0.15, 0.2) is 48.7 Å². The Labute approximate surface area is 147 Å². The number of ether oxygens (including phenoxy) is 1. The van der Waals surface area contributed by atoms with E-state index < -0.39 is 17.6 Å². The molecule has 7 nitrogen and oxygen atoms in total. The van der Waals surface area contributed by atoms with Gasteiger partial charge in [0.25, 0.3) is 0 Å². The third-order valence-corrected chi connectivity index (χ3v) is 3.31. The van der Waals surface area contributed by atoms with Crippen molar-refractivity contribution in [2.75, 3.05) is 17.7 Å². The van der Waals surface area contributed by atoms with Gasteiger partial charge in [-0.1, -0.05) is 0 Å². The van der Waals surface area contributed by atoms with Gasteiger partial charge >= 0.3 is 5.97 Å². The SMILES string of the molecule is COC(=O)c1ccc(Nc2nncc(Nc3ccc(F)cc3F)n2)cc1. The van der Waals surface area contributed by atoms with E-state index in [4.69, 9.17) is 0 Å². The van der Waals surface area contributed by atoms with E-state index in [-0.39, 0.29) is 17.5 Å². The molecule has 3 aromatic rings. The maximum absolute atomic E-state index is 13.7. The minimum Gasteiger partial charge on any atom is -0.465 e. The number of rotatable bonds is 5. The van der Waals surface area contributed by atoms with Crippen LogP contribution in [0.2, 0.25) is 0 Å². The van der Waals surface area contributed by atoms with Gasteiger partial charge in [-0.15, -0.1) is 5.10 Å². The molecule has 0 aliphatic heterocycles. The van der Waals surface area contributed by atoms with Gasteiger partial charge in [0.05, 0.1) is 24.6 Å². The molecule has 0 aliphatic rings. The predicted molar refractivity (Wildman–Crippen MR) is 90.5 cm³/mol. The lowest BCUT2D eigenvalue weighted by Crippen LogP contribution is -2.04. The smallest absolute Gasteiger partial charge is 0.337 e. The van der Waals surface area contributed by atoms with Crippen molar-refractivity contribution < 1.29 is 18.3 Å². The highest BCUT2D eigenvalue weighted by atomic mass is 19.1. The van der Waals surface area contributed by atoms with Crippen LogP contribution in [0.4, 0.5) is 31.9 Å². The Balaban J connectivity index is 1.74. The number of anilines is 4. The van der Waals surface area contributed by atoms with E-state index in [9.17, 15) is 13.6 Å². The van der Waals surface area contributed by atoms with E-state index in [1.165, 1.54) is 19.4 Å². The second-order valence-electron chi connectivity index (χ2n) is 5.11. The van der Waals surface area contributed by atoms with Crippen molar-refractivity contribution in [2.24, 2.45) is 0 Å². The van der Waals surface area contributed by atoms with E-state index in [0.717, 1.165) is 12.1 Å². The van der Waals surface area contributed by atoms with Gasteiger partial charge in [0.15, 0.2) is 5.82 Å². The van der Waals surface area contributed by atoms with Crippen molar-refractivity contribution in [1.29, 1.82) is 0 Å². The molecular formula is C17H13F2N5O2. The van der Waals surface area contributed by atoms with Crippen LogP contribution < -0.4 is 10.6 Å². The summed E-state index contributed by atoms with van der Waals surface area (Å²) in [6.45, 7) is 0. The van der Waals surface area contributed by atoms with Crippen molar-refractivity contribution in [3.05, 3.63) is 65.9 Å². The van der Waals surface area contributed by atoms with Crippen LogP contribution in [-0.2, 0) is 4.74 Å². The first kappa shape index (κ1) is 17.2. The lowest BCUT2D eigenvalue weighted by Gasteiger charge is -2.09. The maximum Gasteiger partial charge on any atom is 0.337 e. The number of hydrogen-bond donors (Lipinski definition) is 2. The lowest BCUT2D eigenvalue weighted by molar-refractivity contribution is 0.0601. The number of aromatic nitrogens is 3. The minimum absolute atomic E-state index is 0.0558. The highest BCUT2D eigenvalue weighted by molar-refractivity contribution is 5.89. The maximum atomic E-state index is 13.7. The first-order valence-electron chi connectivity index (χ1n) is 7.42. The topological polar surface area (TPSA) is 89.0 Å². The molecule has 0 radical (unpaired) electrons. The summed E-state index contributed by atoms with van der Waals surface area (Å²) in [5, 5.41) is 13.2. The first-order chi connectivity index (χ1) is 12.5. The van der Waals surface area contributed by atoms with Crippen LogP contribution in [0.1, 0.15) is 10.4 Å². The second-order valence-corrected chi connectivity index (χ2v) is 5.11. The number of carbonyl (C=O) groups excluding carboxylic acids is 1. The summed E-state index contributed by atoms with van der Waals surface area (Å²) in [6.07, 6.45) is 1.30. The average Bonchev–Trinajstić information content (AvgIpc) is 2.64. The van der Waals surface area contributed by atoms with Crippen LogP contribution in [0, 0.1) is 11.6 Å². The predicted octanol–water partition coefficient (Wildman–Crippen LogP) is 3.42. The van der Waals surface area contributed by atoms with Crippen LogP contribution in [0.5, 0.6) is 0 Å². The largest absolute Gasteiger partial charge is 0.465 e. The molecule has 26 heavy (non-hydrogen) atoms. The van der Waals surface area contributed by atoms with Gasteiger partial charge < -0.3 is 15.4 Å². The van der Waals surface area contributed by atoms with Crippen molar-refractivity contribution in [2.45, 2.75) is 0 Å². The Bertz CT molecular complexity index is 935. The summed E-state index contributed by atoms with van der Waals surface area (Å²) in [6, 6.07) is 9.60. The third-order valence-electron chi connectivity index (χ3n) is 3.31. The fraction of sp³-hybridized carbons (Fsp3) is 0.0588. The summed E-state index contributed by atoms with van der Waals surface area (Å²) >= 11 is 0. The van der Waals surface area contributed by atoms with E-state index in [1.54, 1.807) is 24.3 Å². The molecule has 132 valence electrons. The summed E-state index contributed by atoms with van der Waals surface area (Å²) in [5.74, 6) is -1.49. The van der Waals surface area contributed by atoms with Gasteiger partial charge in [-0.2, -0.15) is 10.1 Å². The molecule has 0 aliphatic carbocycles. The molecule has 1 aromatic heterocycles. The molecule has 0 bridgehead atoms. The third kappa shape index (κ3) is 4.07. The van der Waals surface area contributed by atoms with Crippen LogP contribution in [0.25, 0.3) is 0 Å². The fourth-order valence-corrected chi connectivity index (χ4v) is 2.08. The molecule has 1 heterocycles. The number of benzene rings is 2. The van der Waals surface area contributed by atoms with Crippen LogP contribution in [-0.4, -0.2) is 28.3 Å². The van der Waals surface area contributed by atoms with Gasteiger partial charge in [-0.05, 0) is 36.4 Å². The zero-order valence-electron chi connectivity index (χ0n) is 13.5. The summed E-state index contributed by atoms with van der Waals surface area (Å²) < 4.78 is 31.3. The number of nitrogens with zero attached hydrogens (tertiary/aromatic N) is 3. The van der Waals surface area contributed by atoms with Gasteiger partial charge in [0, 0.05) is 11.8 Å². The molecule has 9 heteroatoms. The summed E-state index contributed by atoms with van der Waals surface area (Å²) in [4.78, 5) is 15.6. The zero-order valence-corrected chi connectivity index (χ0v) is 13.5. The molecule has 0 amide bonds. The molecule has 0 fully saturated rings. The van der Waals surface area contributed by atoms with Crippen LogP contribution in [0.3, 0.4) is 0 Å². The average molecular weight is 357 g/mol. The number of carbonyl (C=O) groups is 1. The van der Waals surface area contributed by atoms with Gasteiger partial charge in [0.1, 0.15) is 11.6 Å². The normalized spacial score (nSPS) is 10.3. The number of esters is 1. The second kappa shape index (κ2) is 7.51. The monoisotopic (exact) mass is 357 g/mol. The van der Waals surface area contributed by atoms with Gasteiger partial charge in [-0.3, -0.25) is 0 Å². The van der Waals surface area contributed by atoms with E-state index >= 15 is 0 Å². The quantitative estimate of drug-likeness (QED) is 0.676. The molecular weight excluding hydrogens is 344 g/mol. The standard InChI is InChI=1S/C17H13F2N5O2/c1-26-16(25)10-2-5-12(6-3-10)21-17-23-15(9-20-24-17)22-14-7-4-11(18)8-13(14)19/h2-9H,1H3,(H2,21,22,23,24). The Morgan fingerprint density at radius 2 is 1.85 bits per heavy atom. The van der Waals surface area contributed by atoms with E-state index in [2.05, 4.69) is 30.6 Å². The van der Waals surface area contributed by atoms with Crippen molar-refractivity contribution in [3.63, 3.8) is 0 Å². The van der Waals surface area contributed by atoms with Crippen molar-refractivity contribution in [3.8, 4) is 0 Å². The highest BCUT2D eigenvalue weighted by Gasteiger charge is 2.08. The summed E-state index contributed by atoms with van der Waals surface area (Å²) in [5.41, 5.74) is 1.07. The first-order valence-corrected chi connectivity index (χ1v) is 7.42. The Morgan fingerprint density at radius 1 is 1.08 bits per heavy atom. The number of hydrogen-bond acceptors (Lipinski definition) is 7. The molecule has 0 atom stereocenters. The molecule has 0 saturated heterocycles. The Kier molecular flexibility index (Phi) is 4.97. The minimum atomic E-state index is -0.753. The molecule has 0 unspecified atom stereocenters. The fourth-order valence-electron chi connectivity index (χ4n) is 2.08. The number of methoxy groups -OCH3 is 1. The van der Waals surface area contributed by atoms with E-state index in [0.29, 0.717) is 11.3 Å². The summed E-state index contributed by atoms with van der Waals surface area (Å²) in [7, 11) is 1.30. The Morgan fingerprint density at radius 3 is 2.54 bits per heavy atom. The number of halogens is 2. The van der Waals surface area contributed by atoms with Crippen molar-refractivity contribution >= 4 is 29.1 Å². The van der Waals surface area contributed by atoms with Gasteiger partial charge in [-0.25, -0.2) is 13.6 Å². The number of nitrogens with one attached hydrogen (secondary N) is 2. The molecule has 3 rings (SSSR count). The van der Waals surface area contributed by atoms with Gasteiger partial charge in [0.2, 0.25) is 5.95 Å². The molecule has 0 saturated carbocycles. The van der Waals surface area contributed by atoms with Crippen LogP contribution >= 0.6 is 0 Å². The molecule has 2 aromatic carbocycles. The lowest BCUT2D eigenvalue weighted by atomic mass is 10.2. The molecule has 2 N–H and O–H groups in total. The highest BCUT2D eigenvalue weighted by Crippen LogP contribution is 2.20. The molecule has 0 spiro atoms.